The van der Waals surface area contributed by atoms with Gasteiger partial charge in [-0.2, -0.15) is 0 Å². The molecule has 0 aromatic heterocycles. The Morgan fingerprint density at radius 2 is 1.50 bits per heavy atom. The minimum atomic E-state index is -1.08. The maximum absolute atomic E-state index is 11.4. The number of amides is 1. The highest BCUT2D eigenvalue weighted by Gasteiger charge is 2.49. The van der Waals surface area contributed by atoms with E-state index in [0.717, 1.165) is 0 Å². The second-order valence-corrected chi connectivity index (χ2v) is 5.75. The van der Waals surface area contributed by atoms with Crippen LogP contribution in [-0.2, 0) is 38.1 Å². The fraction of sp³-hybridized carbons (Fsp3) is 0.714. The fourth-order valence-electron chi connectivity index (χ4n) is 2.31. The first-order valence-electron chi connectivity index (χ1n) is 7.20. The van der Waals surface area contributed by atoms with Gasteiger partial charge in [0.05, 0.1) is 0 Å². The monoisotopic (exact) mass is 363 g/mol. The fourth-order valence-corrected chi connectivity index (χ4v) is 2.71. The minimum Gasteiger partial charge on any atom is -0.463 e. The van der Waals surface area contributed by atoms with E-state index in [4.69, 9.17) is 18.9 Å². The zero-order chi connectivity index (χ0) is 18.4. The number of rotatable bonds is 5. The Labute approximate surface area is 144 Å². The number of carbonyl (C=O) groups is 4. The van der Waals surface area contributed by atoms with Gasteiger partial charge in [0.15, 0.2) is 12.2 Å². The highest BCUT2D eigenvalue weighted by molar-refractivity contribution is 7.80. The summed E-state index contributed by atoms with van der Waals surface area (Å²) in [5.74, 6) is -2.24. The molecule has 0 bridgehead atoms. The number of hydrogen-bond donors (Lipinski definition) is 2. The summed E-state index contributed by atoms with van der Waals surface area (Å²) in [6.45, 7) is 4.62. The number of carbonyl (C=O) groups excluding carboxylic acids is 4. The van der Waals surface area contributed by atoms with E-state index < -0.39 is 53.6 Å². The second kappa shape index (κ2) is 8.88. The van der Waals surface area contributed by atoms with Crippen molar-refractivity contribution in [1.29, 1.82) is 0 Å². The van der Waals surface area contributed by atoms with E-state index in [0.29, 0.717) is 0 Å². The molecule has 1 heterocycles. The molecule has 0 aromatic carbocycles. The third-order valence-corrected chi connectivity index (χ3v) is 3.53. The molecule has 0 spiro atoms. The lowest BCUT2D eigenvalue weighted by Crippen LogP contribution is -2.64. The lowest BCUT2D eigenvalue weighted by molar-refractivity contribution is -0.211. The van der Waals surface area contributed by atoms with Crippen LogP contribution in [0.5, 0.6) is 0 Å². The lowest BCUT2D eigenvalue weighted by Gasteiger charge is -2.43. The molecule has 5 atom stereocenters. The Balaban J connectivity index is 3.11. The molecule has 0 saturated carbocycles. The Hall–Kier alpha value is -1.81. The summed E-state index contributed by atoms with van der Waals surface area (Å²) in [5, 5.41) is 2.56. The molecule has 0 aliphatic carbocycles. The lowest BCUT2D eigenvalue weighted by atomic mass is 9.97. The van der Waals surface area contributed by atoms with Crippen LogP contribution in [0.3, 0.4) is 0 Å². The number of nitrogens with one attached hydrogen (secondary N) is 1. The van der Waals surface area contributed by atoms with Crippen LogP contribution in [0.1, 0.15) is 27.7 Å². The minimum absolute atomic E-state index is 0.227. The van der Waals surface area contributed by atoms with Gasteiger partial charge in [-0.3, -0.25) is 19.2 Å². The van der Waals surface area contributed by atoms with Gasteiger partial charge in [-0.15, -0.1) is 12.6 Å². The third-order valence-electron chi connectivity index (χ3n) is 3.09. The summed E-state index contributed by atoms with van der Waals surface area (Å²) >= 11 is 4.24. The third kappa shape index (κ3) is 6.00. The van der Waals surface area contributed by atoms with E-state index in [1.165, 1.54) is 27.7 Å². The molecule has 24 heavy (non-hydrogen) atoms. The molecule has 9 nitrogen and oxygen atoms in total. The summed E-state index contributed by atoms with van der Waals surface area (Å²) in [4.78, 5) is 45.2. The van der Waals surface area contributed by atoms with E-state index in [1.54, 1.807) is 0 Å². The topological polar surface area (TPSA) is 117 Å². The zero-order valence-electron chi connectivity index (χ0n) is 13.8. The van der Waals surface area contributed by atoms with E-state index in [2.05, 4.69) is 17.9 Å². The van der Waals surface area contributed by atoms with Gasteiger partial charge in [0, 0.05) is 27.7 Å². The summed E-state index contributed by atoms with van der Waals surface area (Å²) in [6.07, 6.45) is -3.03. The van der Waals surface area contributed by atoms with Crippen LogP contribution in [0.25, 0.3) is 0 Å². The average molecular weight is 363 g/mol. The maximum Gasteiger partial charge on any atom is 0.303 e. The molecular formula is C14H21NO8S. The first-order chi connectivity index (χ1) is 11.1. The highest BCUT2D eigenvalue weighted by atomic mass is 32.1. The molecular weight excluding hydrogens is 342 g/mol. The quantitative estimate of drug-likeness (QED) is 0.384. The van der Waals surface area contributed by atoms with Gasteiger partial charge < -0.3 is 24.3 Å². The molecule has 0 aromatic rings. The number of thiol groups is 1. The van der Waals surface area contributed by atoms with E-state index in [1.807, 2.05) is 0 Å². The molecule has 1 aliphatic heterocycles. The van der Waals surface area contributed by atoms with Gasteiger partial charge in [-0.05, 0) is 0 Å². The first kappa shape index (κ1) is 20.2. The van der Waals surface area contributed by atoms with Gasteiger partial charge in [0.2, 0.25) is 5.91 Å². The summed E-state index contributed by atoms with van der Waals surface area (Å²) in [5.41, 5.74) is -0.870. The maximum atomic E-state index is 11.4. The predicted molar refractivity (Wildman–Crippen MR) is 83.0 cm³/mol. The Bertz CT molecular complexity index is 511. The molecule has 10 heteroatoms. The van der Waals surface area contributed by atoms with Crippen LogP contribution in [0.15, 0.2) is 0 Å². The van der Waals surface area contributed by atoms with Gasteiger partial charge >= 0.3 is 17.9 Å². The number of esters is 3. The van der Waals surface area contributed by atoms with Crippen molar-refractivity contribution in [2.24, 2.45) is 0 Å². The number of hydrogen-bond acceptors (Lipinski definition) is 9. The highest BCUT2D eigenvalue weighted by Crippen LogP contribution is 2.28. The van der Waals surface area contributed by atoms with Crippen molar-refractivity contribution in [2.75, 3.05) is 6.61 Å². The van der Waals surface area contributed by atoms with Crippen LogP contribution in [-0.4, -0.2) is 60.2 Å². The average Bonchev–Trinajstić information content (AvgIpc) is 2.42. The molecule has 1 rings (SSSR count). The van der Waals surface area contributed by atoms with Gasteiger partial charge in [-0.1, -0.05) is 0 Å². The second-order valence-electron chi connectivity index (χ2n) is 5.24. The van der Waals surface area contributed by atoms with Crippen LogP contribution in [0.4, 0.5) is 0 Å². The smallest absolute Gasteiger partial charge is 0.303 e. The van der Waals surface area contributed by atoms with Crippen LogP contribution in [0.2, 0.25) is 0 Å². The molecule has 136 valence electrons. The predicted octanol–water partition coefficient (Wildman–Crippen LogP) is -0.428. The van der Waals surface area contributed by atoms with E-state index in [-0.39, 0.29) is 6.61 Å². The Morgan fingerprint density at radius 1 is 0.958 bits per heavy atom. The van der Waals surface area contributed by atoms with Crippen LogP contribution < -0.4 is 5.32 Å². The van der Waals surface area contributed by atoms with E-state index >= 15 is 0 Å². The summed E-state index contributed by atoms with van der Waals surface area (Å²) in [6, 6.07) is -0.854. The van der Waals surface area contributed by atoms with Gasteiger partial charge in [0.1, 0.15) is 24.2 Å². The zero-order valence-corrected chi connectivity index (χ0v) is 14.7. The Kier molecular flexibility index (Phi) is 7.49. The molecule has 1 N–H and O–H groups in total. The van der Waals surface area contributed by atoms with Gasteiger partial charge in [-0.25, -0.2) is 0 Å². The summed E-state index contributed by atoms with van der Waals surface area (Å²) < 4.78 is 20.9. The van der Waals surface area contributed by atoms with Crippen molar-refractivity contribution in [3.8, 4) is 0 Å². The molecule has 1 amide bonds. The Morgan fingerprint density at radius 3 is 1.96 bits per heavy atom. The molecule has 0 radical (unpaired) electrons. The standard InChI is InChI=1S/C14H21NO8S/c1-6(16)15-11-13(22-9(4)19)12(21-8(3)18)10(23-14(11)24)5-20-7(2)17/h10-14,24H,5H2,1-4H3,(H,15,16)/t10?,11?,12-,13?,14+/m1/s1. The SMILES string of the molecule is CC(=O)NC1C(OC(C)=O)[C@H](OC(C)=O)C(COC(C)=O)O[C@H]1S. The van der Waals surface area contributed by atoms with Crippen LogP contribution >= 0.6 is 12.6 Å². The summed E-state index contributed by atoms with van der Waals surface area (Å²) in [7, 11) is 0. The van der Waals surface area contributed by atoms with Crippen LogP contribution in [0, 0.1) is 0 Å². The van der Waals surface area contributed by atoms with E-state index in [9.17, 15) is 19.2 Å². The molecule has 1 aliphatic rings. The van der Waals surface area contributed by atoms with Crippen molar-refractivity contribution in [1.82, 2.24) is 5.32 Å². The normalized spacial score (nSPS) is 29.3. The molecule has 1 saturated heterocycles. The van der Waals surface area contributed by atoms with Crippen molar-refractivity contribution >= 4 is 36.4 Å². The largest absolute Gasteiger partial charge is 0.463 e. The van der Waals surface area contributed by atoms with Gasteiger partial charge in [0.25, 0.3) is 0 Å². The molecule has 1 fully saturated rings. The van der Waals surface area contributed by atoms with Crippen molar-refractivity contribution in [3.05, 3.63) is 0 Å². The molecule has 3 unspecified atom stereocenters. The van der Waals surface area contributed by atoms with Crippen molar-refractivity contribution in [3.63, 3.8) is 0 Å². The van der Waals surface area contributed by atoms with Crippen molar-refractivity contribution < 1.29 is 38.1 Å². The van der Waals surface area contributed by atoms with Crippen molar-refractivity contribution in [2.45, 2.75) is 57.5 Å². The first-order valence-corrected chi connectivity index (χ1v) is 7.72. The number of ether oxygens (including phenoxy) is 4.